The highest BCUT2D eigenvalue weighted by atomic mass is 35.5. The average molecular weight is 433 g/mol. The number of hydrogen-bond acceptors (Lipinski definition) is 4. The van der Waals surface area contributed by atoms with Gasteiger partial charge in [-0.15, -0.1) is 12.4 Å². The van der Waals surface area contributed by atoms with Gasteiger partial charge in [0.05, 0.1) is 7.11 Å². The topological polar surface area (TPSA) is 59.6 Å². The molecule has 0 heterocycles. The monoisotopic (exact) mass is 432 g/mol. The van der Waals surface area contributed by atoms with Crippen molar-refractivity contribution >= 4 is 24.0 Å². The molecule has 164 valence electrons. The van der Waals surface area contributed by atoms with Crippen molar-refractivity contribution in [2.45, 2.75) is 58.0 Å². The normalized spacial score (nSPS) is 14.3. The maximum atomic E-state index is 12.2. The Morgan fingerprint density at radius 2 is 1.70 bits per heavy atom. The Balaban J connectivity index is 0.00000320. The van der Waals surface area contributed by atoms with Crippen LogP contribution in [0.5, 0.6) is 11.5 Å². The number of hydrogen-bond donors (Lipinski definition) is 2. The van der Waals surface area contributed by atoms with E-state index in [1.54, 1.807) is 7.11 Å². The van der Waals surface area contributed by atoms with Crippen molar-refractivity contribution in [3.63, 3.8) is 0 Å². The van der Waals surface area contributed by atoms with E-state index in [1.807, 2.05) is 49.4 Å². The van der Waals surface area contributed by atoms with Gasteiger partial charge < -0.3 is 20.1 Å². The number of rotatable bonds is 8. The molecule has 1 saturated carbocycles. The molecule has 2 aromatic rings. The maximum Gasteiger partial charge on any atom is 0.262 e. The van der Waals surface area contributed by atoms with Crippen molar-refractivity contribution in [2.24, 2.45) is 0 Å². The number of halogens is 1. The van der Waals surface area contributed by atoms with Crippen molar-refractivity contribution in [2.75, 3.05) is 19.0 Å². The first-order valence-corrected chi connectivity index (χ1v) is 10.5. The van der Waals surface area contributed by atoms with Gasteiger partial charge in [0, 0.05) is 18.3 Å². The molecule has 5 nitrogen and oxygen atoms in total. The molecule has 0 atom stereocenters. The third-order valence-electron chi connectivity index (χ3n) is 5.37. The van der Waals surface area contributed by atoms with Crippen LogP contribution in [-0.4, -0.2) is 25.7 Å². The fourth-order valence-corrected chi connectivity index (χ4v) is 3.66. The predicted octanol–water partition coefficient (Wildman–Crippen LogP) is 5.26. The molecule has 2 N–H and O–H groups in total. The molecule has 0 bridgehead atoms. The first-order chi connectivity index (χ1) is 14.1. The molecule has 30 heavy (non-hydrogen) atoms. The van der Waals surface area contributed by atoms with Gasteiger partial charge in [0.25, 0.3) is 5.91 Å². The van der Waals surface area contributed by atoms with Gasteiger partial charge in [-0.1, -0.05) is 49.4 Å². The fourth-order valence-electron chi connectivity index (χ4n) is 3.66. The maximum absolute atomic E-state index is 12.2. The molecular formula is C24H33ClN2O3. The lowest BCUT2D eigenvalue weighted by Crippen LogP contribution is -2.27. The summed E-state index contributed by atoms with van der Waals surface area (Å²) in [6.07, 6.45) is 7.87. The van der Waals surface area contributed by atoms with E-state index in [0.29, 0.717) is 17.5 Å². The number of methoxy groups -OCH3 is 1. The number of aryl methyl sites for hydroxylation is 1. The Kier molecular flexibility index (Phi) is 9.98. The van der Waals surface area contributed by atoms with Crippen molar-refractivity contribution in [1.82, 2.24) is 5.32 Å². The molecule has 1 aliphatic rings. The summed E-state index contributed by atoms with van der Waals surface area (Å²) in [5.41, 5.74) is 3.07. The first-order valence-electron chi connectivity index (χ1n) is 10.5. The van der Waals surface area contributed by atoms with Gasteiger partial charge in [0.1, 0.15) is 0 Å². The second-order valence-electron chi connectivity index (χ2n) is 7.76. The number of carbonyl (C=O) groups excluding carboxylic acids is 1. The highest BCUT2D eigenvalue weighted by Gasteiger charge is 2.13. The SMILES string of the molecule is COc1cc(CNC2CCCCCC2)ccc1OCC(=O)Nc1ccc(C)cc1.Cl. The predicted molar refractivity (Wildman–Crippen MR) is 124 cm³/mol. The molecule has 0 unspecified atom stereocenters. The molecule has 0 aliphatic heterocycles. The molecule has 1 amide bonds. The van der Waals surface area contributed by atoms with E-state index in [-0.39, 0.29) is 24.9 Å². The van der Waals surface area contributed by atoms with E-state index in [4.69, 9.17) is 9.47 Å². The molecule has 0 radical (unpaired) electrons. The summed E-state index contributed by atoms with van der Waals surface area (Å²) in [5.74, 6) is 1.02. The molecule has 6 heteroatoms. The summed E-state index contributed by atoms with van der Waals surface area (Å²) in [6, 6.07) is 14.2. The van der Waals surface area contributed by atoms with E-state index >= 15 is 0 Å². The Hall–Kier alpha value is -2.24. The number of nitrogens with one attached hydrogen (secondary N) is 2. The summed E-state index contributed by atoms with van der Waals surface area (Å²) in [4.78, 5) is 12.2. The third kappa shape index (κ3) is 7.54. The minimum atomic E-state index is -0.199. The second-order valence-corrected chi connectivity index (χ2v) is 7.76. The Bertz CT molecular complexity index is 788. The second kappa shape index (κ2) is 12.5. The lowest BCUT2D eigenvalue weighted by atomic mass is 10.1. The highest BCUT2D eigenvalue weighted by molar-refractivity contribution is 5.91. The molecular weight excluding hydrogens is 400 g/mol. The Morgan fingerprint density at radius 1 is 1.00 bits per heavy atom. The fraction of sp³-hybridized carbons (Fsp3) is 0.458. The van der Waals surface area contributed by atoms with Crippen molar-refractivity contribution in [1.29, 1.82) is 0 Å². The van der Waals surface area contributed by atoms with Gasteiger partial charge in [-0.2, -0.15) is 0 Å². The summed E-state index contributed by atoms with van der Waals surface area (Å²) >= 11 is 0. The number of amides is 1. The molecule has 2 aromatic carbocycles. The number of anilines is 1. The zero-order valence-corrected chi connectivity index (χ0v) is 18.7. The molecule has 0 spiro atoms. The molecule has 3 rings (SSSR count). The van der Waals surface area contributed by atoms with Gasteiger partial charge >= 0.3 is 0 Å². The Morgan fingerprint density at radius 3 is 2.37 bits per heavy atom. The zero-order chi connectivity index (χ0) is 20.5. The van der Waals surface area contributed by atoms with Crippen LogP contribution in [0.15, 0.2) is 42.5 Å². The summed E-state index contributed by atoms with van der Waals surface area (Å²) in [5, 5.41) is 6.50. The largest absolute Gasteiger partial charge is 0.493 e. The van der Waals surface area contributed by atoms with Crippen LogP contribution in [-0.2, 0) is 11.3 Å². The van der Waals surface area contributed by atoms with Crippen molar-refractivity contribution in [3.8, 4) is 11.5 Å². The minimum absolute atomic E-state index is 0. The van der Waals surface area contributed by atoms with Crippen LogP contribution in [0.4, 0.5) is 5.69 Å². The number of ether oxygens (including phenoxy) is 2. The quantitative estimate of drug-likeness (QED) is 0.559. The molecule has 1 aliphatic carbocycles. The van der Waals surface area contributed by atoms with Crippen LogP contribution >= 0.6 is 12.4 Å². The number of benzene rings is 2. The van der Waals surface area contributed by atoms with Gasteiger partial charge in [0.15, 0.2) is 18.1 Å². The average Bonchev–Trinajstić information content (AvgIpc) is 3.01. The van der Waals surface area contributed by atoms with Gasteiger partial charge in [-0.25, -0.2) is 0 Å². The van der Waals surface area contributed by atoms with Crippen LogP contribution in [0.3, 0.4) is 0 Å². The van der Waals surface area contributed by atoms with Crippen LogP contribution in [0.1, 0.15) is 49.7 Å². The van der Waals surface area contributed by atoms with E-state index in [1.165, 1.54) is 38.5 Å². The summed E-state index contributed by atoms with van der Waals surface area (Å²) in [7, 11) is 1.62. The third-order valence-corrected chi connectivity index (χ3v) is 5.37. The van der Waals surface area contributed by atoms with Crippen molar-refractivity contribution in [3.05, 3.63) is 53.6 Å². The molecule has 0 aromatic heterocycles. The van der Waals surface area contributed by atoms with Crippen LogP contribution in [0.25, 0.3) is 0 Å². The Labute approximate surface area is 186 Å². The van der Waals surface area contributed by atoms with Gasteiger partial charge in [-0.3, -0.25) is 4.79 Å². The number of carbonyl (C=O) groups is 1. The lowest BCUT2D eigenvalue weighted by molar-refractivity contribution is -0.118. The summed E-state index contributed by atoms with van der Waals surface area (Å²) in [6.45, 7) is 2.76. The lowest BCUT2D eigenvalue weighted by Gasteiger charge is -2.17. The highest BCUT2D eigenvalue weighted by Crippen LogP contribution is 2.28. The van der Waals surface area contributed by atoms with Gasteiger partial charge in [0.2, 0.25) is 0 Å². The summed E-state index contributed by atoms with van der Waals surface area (Å²) < 4.78 is 11.2. The van der Waals surface area contributed by atoms with E-state index in [0.717, 1.165) is 23.4 Å². The minimum Gasteiger partial charge on any atom is -0.493 e. The van der Waals surface area contributed by atoms with E-state index in [9.17, 15) is 4.79 Å². The first kappa shape index (κ1) is 24.0. The van der Waals surface area contributed by atoms with Crippen LogP contribution in [0, 0.1) is 6.92 Å². The van der Waals surface area contributed by atoms with E-state index in [2.05, 4.69) is 10.6 Å². The standard InChI is InChI=1S/C24H32N2O3.ClH/c1-18-9-12-21(13-10-18)26-24(27)17-29-22-14-11-19(15-23(22)28-2)16-25-20-7-5-3-4-6-8-20;/h9-15,20,25H,3-8,16-17H2,1-2H3,(H,26,27);1H. The zero-order valence-electron chi connectivity index (χ0n) is 17.9. The van der Waals surface area contributed by atoms with E-state index < -0.39 is 0 Å². The van der Waals surface area contributed by atoms with Gasteiger partial charge in [-0.05, 0) is 49.6 Å². The van der Waals surface area contributed by atoms with Crippen molar-refractivity contribution < 1.29 is 14.3 Å². The molecule has 1 fully saturated rings. The van der Waals surface area contributed by atoms with Crippen LogP contribution < -0.4 is 20.1 Å². The smallest absolute Gasteiger partial charge is 0.262 e. The van der Waals surface area contributed by atoms with Crippen LogP contribution in [0.2, 0.25) is 0 Å². The molecule has 0 saturated heterocycles.